The first-order chi connectivity index (χ1) is 19.6. The first-order valence-corrected chi connectivity index (χ1v) is 22.8. The van der Waals surface area contributed by atoms with E-state index in [1.807, 2.05) is 6.07 Å². The molecule has 2 amide bonds. The second kappa shape index (κ2) is 15.8. The number of aryl methyl sites for hydroxylation is 1. The van der Waals surface area contributed by atoms with Crippen molar-refractivity contribution in [2.24, 2.45) is 10.7 Å². The van der Waals surface area contributed by atoms with Crippen molar-refractivity contribution in [1.29, 1.82) is 0 Å². The van der Waals surface area contributed by atoms with Gasteiger partial charge in [0, 0.05) is 0 Å². The quantitative estimate of drug-likeness (QED) is 0.122. The van der Waals surface area contributed by atoms with Crippen molar-refractivity contribution >= 4 is 40.1 Å². The summed E-state index contributed by atoms with van der Waals surface area (Å²) in [4.78, 5) is 30.9. The Balaban J connectivity index is 2.53. The van der Waals surface area contributed by atoms with Crippen LogP contribution in [0.5, 0.6) is 0 Å². The molecule has 0 radical (unpaired) electrons. The standard InChI is InChI=1S/C18H26N3O4.C6H10N2.2C4H9.Sn/c1-17(2,3)24-15(22)20-14(19)21(16(23)25-18(4,5)6)12-13-10-8-7-9-11-13;1-3-8-5-4-7(2)6-8;2*1-3-4-2;/h7-8,10-11H,12H2,1-6H3,(H2,19,20,22);4-6H,2-3H2,1H3;2*1,3-4H2,2H3;/q;+1;;;. The van der Waals surface area contributed by atoms with Crippen LogP contribution in [-0.2, 0) is 27.1 Å². The molecule has 2 rings (SSSR count). The summed E-state index contributed by atoms with van der Waals surface area (Å²) in [6, 6.07) is 8.64. The summed E-state index contributed by atoms with van der Waals surface area (Å²) in [6.45, 7) is 18.4. The molecule has 2 aromatic rings. The van der Waals surface area contributed by atoms with Crippen LogP contribution in [0.2, 0.25) is 8.87 Å². The van der Waals surface area contributed by atoms with Crippen LogP contribution in [0.4, 0.5) is 9.59 Å². The Morgan fingerprint density at radius 1 is 1.00 bits per heavy atom. The molecule has 234 valence electrons. The number of unbranched alkanes of at least 4 members (excludes halogenated alkanes) is 2. The summed E-state index contributed by atoms with van der Waals surface area (Å²) in [7, 11) is 0. The molecule has 0 saturated heterocycles. The number of amides is 2. The van der Waals surface area contributed by atoms with Crippen molar-refractivity contribution in [3.8, 4) is 0 Å². The molecule has 0 saturated carbocycles. The fourth-order valence-electron chi connectivity index (χ4n) is 4.94. The molecule has 0 aliphatic heterocycles. The van der Waals surface area contributed by atoms with Crippen molar-refractivity contribution in [2.45, 2.75) is 126 Å². The van der Waals surface area contributed by atoms with E-state index in [1.54, 1.807) is 41.5 Å². The number of ether oxygens (including phenoxy) is 2. The van der Waals surface area contributed by atoms with Crippen molar-refractivity contribution < 1.29 is 23.6 Å². The van der Waals surface area contributed by atoms with Gasteiger partial charge in [-0.15, -0.1) is 0 Å². The third-order valence-electron chi connectivity index (χ3n) is 6.98. The van der Waals surface area contributed by atoms with Crippen LogP contribution >= 0.6 is 0 Å². The van der Waals surface area contributed by atoms with Crippen molar-refractivity contribution in [3.63, 3.8) is 0 Å². The minimum atomic E-state index is -2.98. The molecule has 0 aliphatic carbocycles. The average Bonchev–Trinajstić information content (AvgIpc) is 3.34. The molecule has 1 heterocycles. The molecule has 9 nitrogen and oxygen atoms in total. The third kappa shape index (κ3) is 11.6. The van der Waals surface area contributed by atoms with Crippen molar-refractivity contribution in [2.75, 3.05) is 0 Å². The number of guanidine groups is 1. The van der Waals surface area contributed by atoms with Gasteiger partial charge in [0.1, 0.15) is 0 Å². The number of imidazole rings is 1. The van der Waals surface area contributed by atoms with Gasteiger partial charge in [0.05, 0.1) is 0 Å². The predicted molar refractivity (Wildman–Crippen MR) is 171 cm³/mol. The molecule has 0 fully saturated rings. The van der Waals surface area contributed by atoms with Gasteiger partial charge in [-0.3, -0.25) is 0 Å². The summed E-state index contributed by atoms with van der Waals surface area (Å²) >= 11 is -2.98. The SMILES string of the molecule is CCC[CH2][Sn]([CH2]CCC)([CH2][n+]1ccn(CC)c1)[c]1cccc(CN(C(=O)OC(C)(C)C)C(N)=NC(=O)OC(C)(C)C)c1. The second-order valence-corrected chi connectivity index (χ2v) is 25.8. The van der Waals surface area contributed by atoms with Gasteiger partial charge in [0.15, 0.2) is 0 Å². The van der Waals surface area contributed by atoms with Crippen LogP contribution in [0.3, 0.4) is 0 Å². The zero-order chi connectivity index (χ0) is 31.6. The van der Waals surface area contributed by atoms with E-state index < -0.39 is 41.8 Å². The van der Waals surface area contributed by atoms with Crippen LogP contribution in [0.15, 0.2) is 48.0 Å². The molecule has 2 N–H and O–H groups in total. The normalized spacial score (nSPS) is 12.7. The Morgan fingerprint density at radius 2 is 1.62 bits per heavy atom. The molecule has 0 bridgehead atoms. The number of hydrogen-bond acceptors (Lipinski definition) is 4. The van der Waals surface area contributed by atoms with Gasteiger partial charge in [0.2, 0.25) is 0 Å². The average molecular weight is 692 g/mol. The maximum atomic E-state index is 13.3. The Hall–Kier alpha value is -2.56. The Kier molecular flexibility index (Phi) is 13.4. The number of hydrogen-bond donors (Lipinski definition) is 1. The molecule has 10 heteroatoms. The van der Waals surface area contributed by atoms with Gasteiger partial charge >= 0.3 is 258 Å². The van der Waals surface area contributed by atoms with Gasteiger partial charge in [0.25, 0.3) is 0 Å². The molecule has 0 atom stereocenters. The summed E-state index contributed by atoms with van der Waals surface area (Å²) in [5.74, 6) is -0.257. The Bertz CT molecular complexity index is 1190. The molecular formula is C32H54N5O4Sn+. The van der Waals surface area contributed by atoms with E-state index in [0.717, 1.165) is 29.5 Å². The van der Waals surface area contributed by atoms with Gasteiger partial charge in [-0.2, -0.15) is 0 Å². The fraction of sp³-hybridized carbons (Fsp3) is 0.625. The molecule has 0 aliphatic rings. The number of benzene rings is 1. The van der Waals surface area contributed by atoms with Crippen molar-refractivity contribution in [3.05, 3.63) is 48.5 Å². The van der Waals surface area contributed by atoms with Crippen LogP contribution < -0.4 is 13.9 Å². The summed E-state index contributed by atoms with van der Waals surface area (Å²) < 4.78 is 20.6. The topological polar surface area (TPSA) is 103 Å². The number of carbonyl (C=O) groups is 2. The number of carbonyl (C=O) groups excluding carboxylic acids is 2. The van der Waals surface area contributed by atoms with E-state index in [0.29, 0.717) is 0 Å². The molecule has 1 aromatic heterocycles. The zero-order valence-electron chi connectivity index (χ0n) is 27.4. The van der Waals surface area contributed by atoms with Crippen LogP contribution in [-0.4, -0.2) is 57.2 Å². The van der Waals surface area contributed by atoms with E-state index in [2.05, 4.69) is 71.8 Å². The van der Waals surface area contributed by atoms with Gasteiger partial charge < -0.3 is 0 Å². The number of aromatic nitrogens is 2. The van der Waals surface area contributed by atoms with E-state index in [-0.39, 0.29) is 12.5 Å². The van der Waals surface area contributed by atoms with E-state index in [9.17, 15) is 9.59 Å². The Labute approximate surface area is 257 Å². The first-order valence-electron chi connectivity index (χ1n) is 15.3. The molecule has 1 aromatic carbocycles. The zero-order valence-corrected chi connectivity index (χ0v) is 30.3. The van der Waals surface area contributed by atoms with Gasteiger partial charge in [-0.1, -0.05) is 0 Å². The van der Waals surface area contributed by atoms with Gasteiger partial charge in [-0.05, 0) is 0 Å². The van der Waals surface area contributed by atoms with Crippen LogP contribution in [0.1, 0.15) is 93.6 Å². The fourth-order valence-corrected chi connectivity index (χ4v) is 19.8. The predicted octanol–water partition coefficient (Wildman–Crippen LogP) is 6.28. The number of aliphatic imine (C=N–C) groups is 1. The van der Waals surface area contributed by atoms with E-state index in [4.69, 9.17) is 15.2 Å². The molecular weight excluding hydrogens is 637 g/mol. The van der Waals surface area contributed by atoms with E-state index in [1.165, 1.54) is 30.2 Å². The second-order valence-electron chi connectivity index (χ2n) is 13.1. The molecule has 0 unspecified atom stereocenters. The summed E-state index contributed by atoms with van der Waals surface area (Å²) in [6.07, 6.45) is 9.80. The monoisotopic (exact) mass is 692 g/mol. The number of nitrogens with zero attached hydrogens (tertiary/aromatic N) is 4. The number of rotatable bonds is 12. The molecule has 42 heavy (non-hydrogen) atoms. The van der Waals surface area contributed by atoms with Crippen LogP contribution in [0, 0.1) is 0 Å². The van der Waals surface area contributed by atoms with Crippen molar-refractivity contribution in [1.82, 2.24) is 9.47 Å². The maximum absolute atomic E-state index is 13.3. The minimum absolute atomic E-state index is 0.129. The van der Waals surface area contributed by atoms with Gasteiger partial charge in [-0.25, -0.2) is 0 Å². The number of nitrogens with two attached hydrogens (primary N) is 1. The molecule has 0 spiro atoms. The third-order valence-corrected chi connectivity index (χ3v) is 21.6. The van der Waals surface area contributed by atoms with Crippen LogP contribution in [0.25, 0.3) is 0 Å². The Morgan fingerprint density at radius 3 is 2.14 bits per heavy atom. The first kappa shape index (κ1) is 35.6. The summed E-state index contributed by atoms with van der Waals surface area (Å²) in [5, 5.41) is 0. The summed E-state index contributed by atoms with van der Waals surface area (Å²) in [5.41, 5.74) is 5.69. The van der Waals surface area contributed by atoms with E-state index >= 15 is 0 Å².